The summed E-state index contributed by atoms with van der Waals surface area (Å²) in [5, 5.41) is 27.8. The third-order valence-corrected chi connectivity index (χ3v) is 7.83. The van der Waals surface area contributed by atoms with Gasteiger partial charge in [-0.15, -0.1) is 0 Å². The number of rotatable bonds is 10. The molecule has 1 aromatic carbocycles. The number of nitrogens with one attached hydrogen (secondary N) is 3. The maximum atomic E-state index is 13.9. The first-order valence-electron chi connectivity index (χ1n) is 13.3. The minimum atomic E-state index is -1.68. The van der Waals surface area contributed by atoms with Crippen LogP contribution in [0.1, 0.15) is 72.1 Å². The molecule has 9 nitrogen and oxygen atoms in total. The van der Waals surface area contributed by atoms with Gasteiger partial charge in [0.1, 0.15) is 11.6 Å². The molecule has 1 saturated carbocycles. The van der Waals surface area contributed by atoms with Gasteiger partial charge in [0.15, 0.2) is 0 Å². The second-order valence-electron chi connectivity index (χ2n) is 10.5. The molecule has 0 bridgehead atoms. The Labute approximate surface area is 214 Å². The number of para-hydroxylation sites is 1. The number of likely N-dealkylation sites (tertiary alicyclic amines) is 1. The van der Waals surface area contributed by atoms with Gasteiger partial charge >= 0.3 is 13.1 Å². The van der Waals surface area contributed by atoms with Crippen molar-refractivity contribution in [3.63, 3.8) is 0 Å². The highest BCUT2D eigenvalue weighted by molar-refractivity contribution is 6.43. The molecule has 2 aliphatic rings. The second kappa shape index (κ2) is 12.6. The number of hydrogen-bond acceptors (Lipinski definition) is 5. The number of amides is 4. The first kappa shape index (κ1) is 28.0. The molecular formula is C26H41BN4O5. The van der Waals surface area contributed by atoms with Crippen molar-refractivity contribution in [2.24, 2.45) is 11.8 Å². The van der Waals surface area contributed by atoms with Crippen molar-refractivity contribution in [3.8, 4) is 0 Å². The molecule has 2 fully saturated rings. The fraction of sp³-hybridized carbons (Fsp3) is 0.654. The Hall–Kier alpha value is -2.59. The monoisotopic (exact) mass is 500 g/mol. The zero-order chi connectivity index (χ0) is 26.3. The van der Waals surface area contributed by atoms with Crippen molar-refractivity contribution in [1.29, 1.82) is 0 Å². The highest BCUT2D eigenvalue weighted by Crippen LogP contribution is 2.35. The predicted molar refractivity (Wildman–Crippen MR) is 140 cm³/mol. The molecule has 0 radical (unpaired) electrons. The molecule has 4 amide bonds. The average molecular weight is 500 g/mol. The van der Waals surface area contributed by atoms with E-state index in [-0.39, 0.29) is 17.7 Å². The number of urea groups is 1. The van der Waals surface area contributed by atoms with Crippen molar-refractivity contribution in [3.05, 3.63) is 30.3 Å². The summed E-state index contributed by atoms with van der Waals surface area (Å²) in [6.07, 6.45) is 6.69. The van der Waals surface area contributed by atoms with E-state index in [9.17, 15) is 24.4 Å². The normalized spacial score (nSPS) is 22.3. The van der Waals surface area contributed by atoms with Crippen LogP contribution in [0.5, 0.6) is 0 Å². The minimum Gasteiger partial charge on any atom is -0.426 e. The van der Waals surface area contributed by atoms with Gasteiger partial charge < -0.3 is 30.9 Å². The molecule has 5 N–H and O–H groups in total. The van der Waals surface area contributed by atoms with Crippen LogP contribution >= 0.6 is 0 Å². The van der Waals surface area contributed by atoms with Gasteiger partial charge in [0.2, 0.25) is 11.8 Å². The minimum absolute atomic E-state index is 0.197. The maximum Gasteiger partial charge on any atom is 0.475 e. The van der Waals surface area contributed by atoms with E-state index in [2.05, 4.69) is 16.0 Å². The van der Waals surface area contributed by atoms with E-state index in [0.717, 1.165) is 25.7 Å². The number of anilines is 1. The third-order valence-electron chi connectivity index (χ3n) is 7.83. The molecule has 0 aromatic heterocycles. The third kappa shape index (κ3) is 6.59. The van der Waals surface area contributed by atoms with Gasteiger partial charge in [-0.2, -0.15) is 0 Å². The Morgan fingerprint density at radius 1 is 1.14 bits per heavy atom. The Balaban J connectivity index is 1.81. The van der Waals surface area contributed by atoms with E-state index < -0.39 is 30.7 Å². The average Bonchev–Trinajstić information content (AvgIpc) is 3.18. The van der Waals surface area contributed by atoms with Crippen LogP contribution in [0, 0.1) is 11.8 Å². The standard InChI is InChI=1S/C26H41BN4O5/c1-4-22(27(35)36)29-23(32)21(17-19-11-7-5-8-12-19)31-16-15-26(18(2)3,24(31)33)30-25(34)28-20-13-9-6-10-14-20/h6,9-10,13-14,18-19,21-22,35-36H,4-5,7-8,11-12,15-17H2,1-3H3,(H,29,32)(H2,28,30,34)/t21-,22?,26?/m0/s1. The number of carbonyl (C=O) groups is 3. The number of nitrogens with zero attached hydrogens (tertiary/aromatic N) is 1. The Kier molecular flexibility index (Phi) is 9.79. The van der Waals surface area contributed by atoms with Crippen LogP contribution < -0.4 is 16.0 Å². The molecule has 0 spiro atoms. The van der Waals surface area contributed by atoms with Gasteiger partial charge in [-0.05, 0) is 43.2 Å². The van der Waals surface area contributed by atoms with Crippen molar-refractivity contribution in [2.45, 2.75) is 89.7 Å². The summed E-state index contributed by atoms with van der Waals surface area (Å²) in [7, 11) is -1.68. The second-order valence-corrected chi connectivity index (χ2v) is 10.5. The van der Waals surface area contributed by atoms with Crippen molar-refractivity contribution < 1.29 is 24.4 Å². The van der Waals surface area contributed by atoms with Crippen LogP contribution in [0.2, 0.25) is 0 Å². The Bertz CT molecular complexity index is 894. The first-order chi connectivity index (χ1) is 17.2. The van der Waals surface area contributed by atoms with Crippen molar-refractivity contribution >= 4 is 30.7 Å². The molecule has 3 atom stereocenters. The summed E-state index contributed by atoms with van der Waals surface area (Å²) in [4.78, 5) is 41.9. The van der Waals surface area contributed by atoms with Crippen molar-refractivity contribution in [1.82, 2.24) is 15.5 Å². The molecule has 10 heteroatoms. The molecule has 198 valence electrons. The predicted octanol–water partition coefficient (Wildman–Crippen LogP) is 2.68. The lowest BCUT2D eigenvalue weighted by atomic mass is 9.77. The topological polar surface area (TPSA) is 131 Å². The van der Waals surface area contributed by atoms with Crippen LogP contribution in [0.3, 0.4) is 0 Å². The largest absolute Gasteiger partial charge is 0.475 e. The molecule has 1 saturated heterocycles. The summed E-state index contributed by atoms with van der Waals surface area (Å²) < 4.78 is 0. The van der Waals surface area contributed by atoms with Gasteiger partial charge in [0.25, 0.3) is 0 Å². The van der Waals surface area contributed by atoms with E-state index in [0.29, 0.717) is 37.4 Å². The van der Waals surface area contributed by atoms with E-state index in [4.69, 9.17) is 0 Å². The number of benzene rings is 1. The van der Waals surface area contributed by atoms with Gasteiger partial charge in [0, 0.05) is 12.2 Å². The first-order valence-corrected chi connectivity index (χ1v) is 13.3. The fourth-order valence-corrected chi connectivity index (χ4v) is 5.52. The quantitative estimate of drug-likeness (QED) is 0.316. The molecule has 1 aromatic rings. The Morgan fingerprint density at radius 2 is 1.81 bits per heavy atom. The zero-order valence-corrected chi connectivity index (χ0v) is 21.7. The van der Waals surface area contributed by atoms with Crippen LogP contribution in [-0.2, 0) is 9.59 Å². The van der Waals surface area contributed by atoms with E-state index >= 15 is 0 Å². The summed E-state index contributed by atoms with van der Waals surface area (Å²) >= 11 is 0. The van der Waals surface area contributed by atoms with E-state index in [1.165, 1.54) is 6.42 Å². The van der Waals surface area contributed by atoms with Crippen LogP contribution in [0.4, 0.5) is 10.5 Å². The molecule has 2 unspecified atom stereocenters. The highest BCUT2D eigenvalue weighted by Gasteiger charge is 2.53. The highest BCUT2D eigenvalue weighted by atomic mass is 16.4. The summed E-state index contributed by atoms with van der Waals surface area (Å²) in [6, 6.07) is 7.84. The maximum absolute atomic E-state index is 13.9. The van der Waals surface area contributed by atoms with Gasteiger partial charge in [-0.25, -0.2) is 4.79 Å². The van der Waals surface area contributed by atoms with Crippen LogP contribution in [0.15, 0.2) is 30.3 Å². The van der Waals surface area contributed by atoms with Crippen LogP contribution in [0.25, 0.3) is 0 Å². The van der Waals surface area contributed by atoms with Gasteiger partial charge in [0.05, 0.1) is 5.94 Å². The smallest absolute Gasteiger partial charge is 0.426 e. The van der Waals surface area contributed by atoms with Crippen LogP contribution in [-0.4, -0.2) is 64.0 Å². The fourth-order valence-electron chi connectivity index (χ4n) is 5.52. The lowest BCUT2D eigenvalue weighted by Crippen LogP contribution is -2.61. The summed E-state index contributed by atoms with van der Waals surface area (Å²) in [6.45, 7) is 5.90. The summed E-state index contributed by atoms with van der Waals surface area (Å²) in [5.41, 5.74) is -0.510. The molecule has 1 heterocycles. The molecular weight excluding hydrogens is 459 g/mol. The number of hydrogen-bond donors (Lipinski definition) is 5. The molecule has 3 rings (SSSR count). The van der Waals surface area contributed by atoms with Crippen molar-refractivity contribution in [2.75, 3.05) is 11.9 Å². The molecule has 1 aliphatic carbocycles. The number of carbonyl (C=O) groups excluding carboxylic acids is 3. The molecule has 36 heavy (non-hydrogen) atoms. The molecule has 1 aliphatic heterocycles. The zero-order valence-electron chi connectivity index (χ0n) is 21.7. The lowest BCUT2D eigenvalue weighted by Gasteiger charge is -2.36. The van der Waals surface area contributed by atoms with Gasteiger partial charge in [-0.3, -0.25) is 9.59 Å². The lowest BCUT2D eigenvalue weighted by molar-refractivity contribution is -0.142. The van der Waals surface area contributed by atoms with E-state index in [1.807, 2.05) is 32.0 Å². The Morgan fingerprint density at radius 3 is 2.39 bits per heavy atom. The van der Waals surface area contributed by atoms with E-state index in [1.54, 1.807) is 24.0 Å². The summed E-state index contributed by atoms with van der Waals surface area (Å²) in [5.74, 6) is -1.33. The van der Waals surface area contributed by atoms with Gasteiger partial charge in [-0.1, -0.05) is 71.1 Å². The SMILES string of the molecule is CCC(NC(=O)[C@H](CC1CCCCC1)N1CCC(NC(=O)Nc2ccccc2)(C(C)C)C1=O)B(O)O.